The van der Waals surface area contributed by atoms with Crippen LogP contribution in [-0.2, 0) is 7.05 Å². The lowest BCUT2D eigenvalue weighted by atomic mass is 10.2. The van der Waals surface area contributed by atoms with E-state index in [1.807, 2.05) is 20.2 Å². The van der Waals surface area contributed by atoms with Gasteiger partial charge in [0.05, 0.1) is 12.2 Å². The van der Waals surface area contributed by atoms with Crippen molar-refractivity contribution >= 4 is 11.7 Å². The molecule has 0 aliphatic heterocycles. The van der Waals surface area contributed by atoms with Crippen LogP contribution < -0.4 is 11.1 Å². The molecule has 2 aromatic rings. The number of anilines is 1. The maximum Gasteiger partial charge on any atom is 0.270 e. The fourth-order valence-corrected chi connectivity index (χ4v) is 1.60. The van der Waals surface area contributed by atoms with Crippen LogP contribution in [0.4, 0.5) is 5.82 Å². The zero-order valence-corrected chi connectivity index (χ0v) is 10.3. The molecule has 1 atom stereocenters. The number of carbonyl (C=O) groups excluding carboxylic acids is 1. The SMILES string of the molecule is CC(NC(=O)c1cccc(N)n1)c1cnn(C)c1. The molecule has 0 saturated heterocycles. The van der Waals surface area contributed by atoms with Gasteiger partial charge in [-0.25, -0.2) is 4.98 Å². The number of nitrogens with one attached hydrogen (secondary N) is 1. The van der Waals surface area contributed by atoms with E-state index in [1.165, 1.54) is 0 Å². The zero-order valence-electron chi connectivity index (χ0n) is 10.3. The first kappa shape index (κ1) is 12.1. The third-order valence-corrected chi connectivity index (χ3v) is 2.58. The molecule has 2 rings (SSSR count). The van der Waals surface area contributed by atoms with Crippen LogP contribution in [0.2, 0.25) is 0 Å². The number of hydrogen-bond donors (Lipinski definition) is 2. The Labute approximate surface area is 105 Å². The second kappa shape index (κ2) is 4.87. The van der Waals surface area contributed by atoms with Crippen molar-refractivity contribution in [2.45, 2.75) is 13.0 Å². The lowest BCUT2D eigenvalue weighted by Gasteiger charge is -2.11. The van der Waals surface area contributed by atoms with Crippen molar-refractivity contribution in [2.24, 2.45) is 7.05 Å². The minimum atomic E-state index is -0.251. The van der Waals surface area contributed by atoms with Crippen LogP contribution in [0, 0.1) is 0 Å². The summed E-state index contributed by atoms with van der Waals surface area (Å²) in [7, 11) is 1.83. The van der Waals surface area contributed by atoms with Crippen LogP contribution in [0.1, 0.15) is 29.0 Å². The molecule has 1 unspecified atom stereocenters. The average Bonchev–Trinajstić information content (AvgIpc) is 2.76. The van der Waals surface area contributed by atoms with Gasteiger partial charge in [-0.05, 0) is 19.1 Å². The van der Waals surface area contributed by atoms with Gasteiger partial charge in [0.15, 0.2) is 0 Å². The summed E-state index contributed by atoms with van der Waals surface area (Å²) in [5.41, 5.74) is 6.79. The minimum Gasteiger partial charge on any atom is -0.384 e. The number of amides is 1. The number of nitrogen functional groups attached to an aromatic ring is 1. The second-order valence-corrected chi connectivity index (χ2v) is 4.09. The van der Waals surface area contributed by atoms with Crippen LogP contribution >= 0.6 is 0 Å². The molecule has 0 fully saturated rings. The van der Waals surface area contributed by atoms with Crippen molar-refractivity contribution in [3.8, 4) is 0 Å². The number of hydrogen-bond acceptors (Lipinski definition) is 4. The second-order valence-electron chi connectivity index (χ2n) is 4.09. The molecule has 0 bridgehead atoms. The predicted octanol–water partition coefficient (Wildman–Crippen LogP) is 0.888. The maximum atomic E-state index is 11.9. The van der Waals surface area contributed by atoms with E-state index in [0.29, 0.717) is 11.5 Å². The molecule has 3 N–H and O–H groups in total. The van der Waals surface area contributed by atoms with Crippen molar-refractivity contribution in [3.05, 3.63) is 41.9 Å². The molecule has 18 heavy (non-hydrogen) atoms. The van der Waals surface area contributed by atoms with Gasteiger partial charge in [0, 0.05) is 18.8 Å². The molecule has 0 aliphatic rings. The Hall–Kier alpha value is -2.37. The fourth-order valence-electron chi connectivity index (χ4n) is 1.60. The Morgan fingerprint density at radius 1 is 1.50 bits per heavy atom. The fraction of sp³-hybridized carbons (Fsp3) is 0.250. The van der Waals surface area contributed by atoms with Gasteiger partial charge in [-0.15, -0.1) is 0 Å². The molecule has 2 aromatic heterocycles. The largest absolute Gasteiger partial charge is 0.384 e. The third-order valence-electron chi connectivity index (χ3n) is 2.58. The van der Waals surface area contributed by atoms with E-state index in [4.69, 9.17) is 5.73 Å². The van der Waals surface area contributed by atoms with E-state index in [-0.39, 0.29) is 11.9 Å². The smallest absolute Gasteiger partial charge is 0.270 e. The van der Waals surface area contributed by atoms with Gasteiger partial charge < -0.3 is 11.1 Å². The minimum absolute atomic E-state index is 0.130. The quantitative estimate of drug-likeness (QED) is 0.840. The lowest BCUT2D eigenvalue weighted by Crippen LogP contribution is -2.27. The average molecular weight is 245 g/mol. The standard InChI is InChI=1S/C12H15N5O/c1-8(9-6-14-17(2)7-9)15-12(18)10-4-3-5-11(13)16-10/h3-8H,1-2H3,(H2,13,16)(H,15,18). The van der Waals surface area contributed by atoms with E-state index in [2.05, 4.69) is 15.4 Å². The van der Waals surface area contributed by atoms with E-state index in [0.717, 1.165) is 5.56 Å². The number of carbonyl (C=O) groups is 1. The Kier molecular flexibility index (Phi) is 3.27. The molecule has 6 heteroatoms. The normalized spacial score (nSPS) is 12.1. The summed E-state index contributed by atoms with van der Waals surface area (Å²) in [5.74, 6) is 0.0790. The van der Waals surface area contributed by atoms with Crippen molar-refractivity contribution in [2.75, 3.05) is 5.73 Å². The Morgan fingerprint density at radius 3 is 2.89 bits per heavy atom. The number of nitrogens with two attached hydrogens (primary N) is 1. The monoisotopic (exact) mass is 245 g/mol. The zero-order chi connectivity index (χ0) is 13.1. The van der Waals surface area contributed by atoms with Crippen LogP contribution in [0.25, 0.3) is 0 Å². The summed E-state index contributed by atoms with van der Waals surface area (Å²) in [4.78, 5) is 15.9. The first-order chi connectivity index (χ1) is 8.56. The molecule has 0 saturated carbocycles. The van der Waals surface area contributed by atoms with Gasteiger partial charge >= 0.3 is 0 Å². The van der Waals surface area contributed by atoms with Gasteiger partial charge in [0.2, 0.25) is 0 Å². The summed E-state index contributed by atoms with van der Waals surface area (Å²) in [6, 6.07) is 4.84. The summed E-state index contributed by atoms with van der Waals surface area (Å²) in [6.45, 7) is 1.89. The Bertz CT molecular complexity index is 563. The molecular weight excluding hydrogens is 230 g/mol. The number of rotatable bonds is 3. The first-order valence-electron chi connectivity index (χ1n) is 5.58. The summed E-state index contributed by atoms with van der Waals surface area (Å²) < 4.78 is 1.69. The number of aromatic nitrogens is 3. The van der Waals surface area contributed by atoms with Crippen molar-refractivity contribution in [1.29, 1.82) is 0 Å². The van der Waals surface area contributed by atoms with Gasteiger partial charge in [0.25, 0.3) is 5.91 Å². The maximum absolute atomic E-state index is 11.9. The highest BCUT2D eigenvalue weighted by atomic mass is 16.1. The van der Waals surface area contributed by atoms with Crippen molar-refractivity contribution in [3.63, 3.8) is 0 Å². The number of aryl methyl sites for hydroxylation is 1. The molecule has 94 valence electrons. The third kappa shape index (κ3) is 2.65. The topological polar surface area (TPSA) is 85.8 Å². The molecule has 2 heterocycles. The molecule has 0 radical (unpaired) electrons. The van der Waals surface area contributed by atoms with E-state index in [1.54, 1.807) is 29.1 Å². The highest BCUT2D eigenvalue weighted by Gasteiger charge is 2.13. The Morgan fingerprint density at radius 2 is 2.28 bits per heavy atom. The molecule has 0 aromatic carbocycles. The van der Waals surface area contributed by atoms with Crippen LogP contribution in [0.5, 0.6) is 0 Å². The Balaban J connectivity index is 2.08. The highest BCUT2D eigenvalue weighted by molar-refractivity contribution is 5.92. The summed E-state index contributed by atoms with van der Waals surface area (Å²) in [6.07, 6.45) is 3.58. The predicted molar refractivity (Wildman–Crippen MR) is 67.7 cm³/mol. The molecule has 0 spiro atoms. The lowest BCUT2D eigenvalue weighted by molar-refractivity contribution is 0.0935. The van der Waals surface area contributed by atoms with Crippen LogP contribution in [0.3, 0.4) is 0 Å². The summed E-state index contributed by atoms with van der Waals surface area (Å²) in [5, 5.41) is 6.90. The van der Waals surface area contributed by atoms with Gasteiger partial charge in [0.1, 0.15) is 11.5 Å². The van der Waals surface area contributed by atoms with Crippen molar-refractivity contribution < 1.29 is 4.79 Å². The molecular formula is C12H15N5O. The van der Waals surface area contributed by atoms with Gasteiger partial charge in [-0.1, -0.05) is 6.07 Å². The van der Waals surface area contributed by atoms with E-state index < -0.39 is 0 Å². The van der Waals surface area contributed by atoms with E-state index in [9.17, 15) is 4.79 Å². The summed E-state index contributed by atoms with van der Waals surface area (Å²) >= 11 is 0. The first-order valence-corrected chi connectivity index (χ1v) is 5.58. The van der Waals surface area contributed by atoms with Gasteiger partial charge in [-0.2, -0.15) is 5.10 Å². The van der Waals surface area contributed by atoms with Gasteiger partial charge in [-0.3, -0.25) is 9.48 Å². The van der Waals surface area contributed by atoms with Crippen LogP contribution in [0.15, 0.2) is 30.6 Å². The molecule has 1 amide bonds. The number of pyridine rings is 1. The molecule has 6 nitrogen and oxygen atoms in total. The molecule has 0 aliphatic carbocycles. The van der Waals surface area contributed by atoms with Crippen molar-refractivity contribution in [1.82, 2.24) is 20.1 Å². The van der Waals surface area contributed by atoms with E-state index >= 15 is 0 Å². The number of nitrogens with zero attached hydrogens (tertiary/aromatic N) is 3. The highest BCUT2D eigenvalue weighted by Crippen LogP contribution is 2.11. The van der Waals surface area contributed by atoms with Crippen LogP contribution in [-0.4, -0.2) is 20.7 Å².